The number of anilines is 1. The summed E-state index contributed by atoms with van der Waals surface area (Å²) in [5.41, 5.74) is -0.647. The van der Waals surface area contributed by atoms with E-state index < -0.39 is 11.7 Å². The lowest BCUT2D eigenvalue weighted by atomic mass is 10.2. The van der Waals surface area contributed by atoms with Crippen molar-refractivity contribution in [3.05, 3.63) is 28.8 Å². The number of benzene rings is 1. The topological polar surface area (TPSA) is 24.1 Å². The molecule has 18 heavy (non-hydrogen) atoms. The quantitative estimate of drug-likeness (QED) is 0.805. The smallest absolute Gasteiger partial charge is 0.360 e. The van der Waals surface area contributed by atoms with Crippen LogP contribution in [0.15, 0.2) is 18.2 Å². The van der Waals surface area contributed by atoms with Gasteiger partial charge in [0.15, 0.2) is 5.11 Å². The van der Waals surface area contributed by atoms with E-state index in [2.05, 4.69) is 10.6 Å². The molecular weight excluding hydrogens is 285 g/mol. The zero-order valence-electron chi connectivity index (χ0n) is 9.73. The van der Waals surface area contributed by atoms with Gasteiger partial charge in [0.25, 0.3) is 0 Å². The summed E-state index contributed by atoms with van der Waals surface area (Å²) >= 11 is 10.5. The molecule has 0 saturated carbocycles. The van der Waals surface area contributed by atoms with Gasteiger partial charge >= 0.3 is 6.18 Å². The van der Waals surface area contributed by atoms with E-state index in [0.29, 0.717) is 0 Å². The van der Waals surface area contributed by atoms with Crippen molar-refractivity contribution in [3.63, 3.8) is 0 Å². The van der Waals surface area contributed by atoms with E-state index in [1.54, 1.807) is 0 Å². The van der Waals surface area contributed by atoms with Crippen LogP contribution in [0.3, 0.4) is 0 Å². The molecule has 0 atom stereocenters. The summed E-state index contributed by atoms with van der Waals surface area (Å²) in [5.74, 6) is 0. The maximum Gasteiger partial charge on any atom is 0.417 e. The van der Waals surface area contributed by atoms with Crippen LogP contribution in [0.5, 0.6) is 0 Å². The second-order valence-electron chi connectivity index (χ2n) is 3.95. The van der Waals surface area contributed by atoms with Crippen LogP contribution >= 0.6 is 23.8 Å². The van der Waals surface area contributed by atoms with E-state index >= 15 is 0 Å². The Hall–Kier alpha value is -1.01. The average Bonchev–Trinajstić information content (AvgIpc) is 2.17. The second-order valence-corrected chi connectivity index (χ2v) is 4.76. The second kappa shape index (κ2) is 5.75. The van der Waals surface area contributed by atoms with Crippen molar-refractivity contribution in [2.45, 2.75) is 26.1 Å². The third kappa shape index (κ3) is 4.34. The average molecular weight is 297 g/mol. The van der Waals surface area contributed by atoms with Crippen LogP contribution < -0.4 is 10.6 Å². The van der Waals surface area contributed by atoms with Crippen LogP contribution in [0, 0.1) is 0 Å². The fraction of sp³-hybridized carbons (Fsp3) is 0.364. The van der Waals surface area contributed by atoms with Gasteiger partial charge in [-0.3, -0.25) is 0 Å². The molecule has 1 rings (SSSR count). The lowest BCUT2D eigenvalue weighted by Crippen LogP contribution is -2.33. The molecule has 0 spiro atoms. The lowest BCUT2D eigenvalue weighted by Gasteiger charge is -2.15. The predicted octanol–water partition coefficient (Wildman–Crippen LogP) is 4.05. The first-order valence-electron chi connectivity index (χ1n) is 5.14. The Bertz CT molecular complexity index is 446. The van der Waals surface area contributed by atoms with Gasteiger partial charge in [0.05, 0.1) is 10.6 Å². The van der Waals surface area contributed by atoms with Crippen molar-refractivity contribution in [1.29, 1.82) is 0 Å². The molecule has 0 radical (unpaired) electrons. The molecule has 0 amide bonds. The molecule has 1 aromatic rings. The summed E-state index contributed by atoms with van der Waals surface area (Å²) in [6.07, 6.45) is -4.48. The molecule has 7 heteroatoms. The zero-order valence-corrected chi connectivity index (χ0v) is 11.3. The Morgan fingerprint density at radius 1 is 1.33 bits per heavy atom. The Balaban J connectivity index is 2.89. The highest BCUT2D eigenvalue weighted by atomic mass is 35.5. The summed E-state index contributed by atoms with van der Waals surface area (Å²) < 4.78 is 37.8. The minimum absolute atomic E-state index is 0.0967. The summed E-state index contributed by atoms with van der Waals surface area (Å²) in [6.45, 7) is 3.74. The molecule has 2 nitrogen and oxygen atoms in total. The normalized spacial score (nSPS) is 11.5. The van der Waals surface area contributed by atoms with Gasteiger partial charge < -0.3 is 10.6 Å². The van der Waals surface area contributed by atoms with Crippen LogP contribution in [0.1, 0.15) is 19.4 Å². The van der Waals surface area contributed by atoms with Crippen LogP contribution in [0.25, 0.3) is 0 Å². The molecule has 2 N–H and O–H groups in total. The van der Waals surface area contributed by atoms with Crippen molar-refractivity contribution < 1.29 is 13.2 Å². The molecule has 0 aliphatic heterocycles. The summed E-state index contributed by atoms with van der Waals surface area (Å²) in [4.78, 5) is 0. The van der Waals surface area contributed by atoms with E-state index in [1.165, 1.54) is 12.1 Å². The molecule has 0 unspecified atom stereocenters. The monoisotopic (exact) mass is 296 g/mol. The van der Waals surface area contributed by atoms with Crippen molar-refractivity contribution in [1.82, 2.24) is 5.32 Å². The van der Waals surface area contributed by atoms with Crippen molar-refractivity contribution in [2.24, 2.45) is 0 Å². The van der Waals surface area contributed by atoms with Crippen LogP contribution in [-0.2, 0) is 6.18 Å². The van der Waals surface area contributed by atoms with Gasteiger partial charge in [0.1, 0.15) is 0 Å². The van der Waals surface area contributed by atoms with Crippen molar-refractivity contribution >= 4 is 34.6 Å². The van der Waals surface area contributed by atoms with E-state index in [0.717, 1.165) is 6.07 Å². The van der Waals surface area contributed by atoms with E-state index in [4.69, 9.17) is 23.8 Å². The Kier molecular flexibility index (Phi) is 4.81. The van der Waals surface area contributed by atoms with Gasteiger partial charge in [-0.25, -0.2) is 0 Å². The van der Waals surface area contributed by atoms with Gasteiger partial charge in [-0.1, -0.05) is 11.6 Å². The van der Waals surface area contributed by atoms with Crippen molar-refractivity contribution in [3.8, 4) is 0 Å². The molecule has 0 bridgehead atoms. The van der Waals surface area contributed by atoms with Gasteiger partial charge in [-0.2, -0.15) is 13.2 Å². The summed E-state index contributed by atoms with van der Waals surface area (Å²) in [5, 5.41) is 5.47. The molecular formula is C11H12ClF3N2S. The third-order valence-corrected chi connectivity index (χ3v) is 2.50. The number of nitrogens with one attached hydrogen (secondary N) is 2. The van der Waals surface area contributed by atoms with Crippen molar-refractivity contribution in [2.75, 3.05) is 5.32 Å². The number of hydrogen-bond acceptors (Lipinski definition) is 1. The van der Waals surface area contributed by atoms with E-state index in [9.17, 15) is 13.2 Å². The molecule has 0 saturated heterocycles. The molecule has 0 fully saturated rings. The Morgan fingerprint density at radius 2 is 1.94 bits per heavy atom. The molecule has 100 valence electrons. The highest BCUT2D eigenvalue weighted by molar-refractivity contribution is 7.80. The first-order chi connectivity index (χ1) is 8.20. The van der Waals surface area contributed by atoms with Gasteiger partial charge in [0.2, 0.25) is 0 Å². The first kappa shape index (κ1) is 15.0. The number of halogens is 4. The van der Waals surface area contributed by atoms with Gasteiger partial charge in [-0.05, 0) is 44.3 Å². The number of alkyl halides is 3. The number of thiocarbonyl (C=S) groups is 1. The van der Waals surface area contributed by atoms with Gasteiger partial charge in [-0.15, -0.1) is 0 Å². The lowest BCUT2D eigenvalue weighted by molar-refractivity contribution is -0.137. The Labute approximate surface area is 114 Å². The predicted molar refractivity (Wildman–Crippen MR) is 70.9 cm³/mol. The molecule has 0 aromatic heterocycles. The standard InChI is InChI=1S/C11H12ClF3N2S/c1-6(2)16-10(18)17-7-3-4-9(12)8(5-7)11(13,14)15/h3-6H,1-2H3,(H2,16,17,18). The van der Waals surface area contributed by atoms with E-state index in [-0.39, 0.29) is 21.9 Å². The maximum atomic E-state index is 12.6. The van der Waals surface area contributed by atoms with Crippen LogP contribution in [0.4, 0.5) is 18.9 Å². The third-order valence-electron chi connectivity index (χ3n) is 1.95. The summed E-state index contributed by atoms with van der Waals surface area (Å²) in [6, 6.07) is 3.65. The molecule has 1 aromatic carbocycles. The van der Waals surface area contributed by atoms with E-state index in [1.807, 2.05) is 13.8 Å². The highest BCUT2D eigenvalue weighted by Gasteiger charge is 2.33. The van der Waals surface area contributed by atoms with Crippen LogP contribution in [-0.4, -0.2) is 11.2 Å². The number of rotatable bonds is 2. The minimum Gasteiger partial charge on any atom is -0.360 e. The first-order valence-corrected chi connectivity index (χ1v) is 5.93. The highest BCUT2D eigenvalue weighted by Crippen LogP contribution is 2.36. The molecule has 0 aliphatic carbocycles. The maximum absolute atomic E-state index is 12.6. The van der Waals surface area contributed by atoms with Crippen LogP contribution in [0.2, 0.25) is 5.02 Å². The zero-order chi connectivity index (χ0) is 13.9. The minimum atomic E-state index is -4.48. The summed E-state index contributed by atoms with van der Waals surface area (Å²) in [7, 11) is 0. The molecule has 0 heterocycles. The van der Waals surface area contributed by atoms with Gasteiger partial charge in [0, 0.05) is 11.7 Å². The Morgan fingerprint density at radius 3 is 2.44 bits per heavy atom. The fourth-order valence-corrected chi connectivity index (χ4v) is 1.83. The largest absolute Gasteiger partial charge is 0.417 e. The molecule has 0 aliphatic rings. The fourth-order valence-electron chi connectivity index (χ4n) is 1.25. The number of hydrogen-bond donors (Lipinski definition) is 2. The SMILES string of the molecule is CC(C)NC(=S)Nc1ccc(Cl)c(C(F)(F)F)c1.